The van der Waals surface area contributed by atoms with E-state index < -0.39 is 27.6 Å². The van der Waals surface area contributed by atoms with E-state index in [1.54, 1.807) is 19.1 Å². The maximum atomic E-state index is 12.9. The van der Waals surface area contributed by atoms with Crippen molar-refractivity contribution < 1.29 is 18.9 Å². The normalized spacial score (nSPS) is 14.4. The van der Waals surface area contributed by atoms with Gasteiger partial charge in [-0.15, -0.1) is 16.1 Å². The van der Waals surface area contributed by atoms with E-state index in [1.165, 1.54) is 11.3 Å². The minimum absolute atomic E-state index is 0.00811. The van der Waals surface area contributed by atoms with Gasteiger partial charge in [0.05, 0.1) is 18.2 Å². The number of Topliss-reactive ketones (excluding diaryl/α,β-unsaturated/α-hetero) is 1. The Bertz CT molecular complexity index is 974. The van der Waals surface area contributed by atoms with Crippen LogP contribution >= 0.6 is 11.3 Å². The number of nitrogens with one attached hydrogen (secondary N) is 1. The minimum atomic E-state index is -1.43. The molecular formula is C23H28N2O4S2. The van der Waals surface area contributed by atoms with Crippen molar-refractivity contribution in [2.45, 2.75) is 57.7 Å². The smallest absolute Gasteiger partial charge is 0.313 e. The summed E-state index contributed by atoms with van der Waals surface area (Å²) in [5, 5.41) is 11.1. The Morgan fingerprint density at radius 2 is 1.94 bits per heavy atom. The zero-order valence-corrected chi connectivity index (χ0v) is 20.1. The highest BCUT2D eigenvalue weighted by Gasteiger charge is 2.40. The molecule has 1 unspecified atom stereocenters. The fourth-order valence-corrected chi connectivity index (χ4v) is 4.90. The van der Waals surface area contributed by atoms with Gasteiger partial charge in [-0.05, 0) is 69.3 Å². The Kier molecular flexibility index (Phi) is 8.43. The van der Waals surface area contributed by atoms with Crippen molar-refractivity contribution >= 4 is 34.5 Å². The SMILES string of the molecule is CCOC(=O)CC(=O)C[C@](C)(N[S+]([O-])C(C)(C)C)c1cc(-c2cccc(C#N)c2)cs1. The molecule has 2 atom stereocenters. The molecule has 0 saturated carbocycles. The summed E-state index contributed by atoms with van der Waals surface area (Å²) in [5.41, 5.74) is 1.42. The molecule has 0 radical (unpaired) electrons. The number of rotatable bonds is 9. The summed E-state index contributed by atoms with van der Waals surface area (Å²) in [6.45, 7) is 9.28. The van der Waals surface area contributed by atoms with E-state index in [-0.39, 0.29) is 25.2 Å². The van der Waals surface area contributed by atoms with Crippen molar-refractivity contribution in [3.63, 3.8) is 0 Å². The van der Waals surface area contributed by atoms with Gasteiger partial charge in [-0.3, -0.25) is 9.59 Å². The third-order valence-corrected chi connectivity index (χ3v) is 7.48. The molecule has 0 aliphatic carbocycles. The molecule has 0 saturated heterocycles. The monoisotopic (exact) mass is 460 g/mol. The molecular weight excluding hydrogens is 432 g/mol. The summed E-state index contributed by atoms with van der Waals surface area (Å²) in [6.07, 6.45) is -0.332. The minimum Gasteiger partial charge on any atom is -0.598 e. The summed E-state index contributed by atoms with van der Waals surface area (Å²) >= 11 is 0.00543. The van der Waals surface area contributed by atoms with Crippen molar-refractivity contribution in [3.05, 3.63) is 46.2 Å². The quantitative estimate of drug-likeness (QED) is 0.337. The second-order valence-electron chi connectivity index (χ2n) is 8.40. The van der Waals surface area contributed by atoms with Crippen LogP contribution in [0.5, 0.6) is 0 Å². The Morgan fingerprint density at radius 1 is 1.23 bits per heavy atom. The molecule has 1 aromatic heterocycles. The molecule has 0 spiro atoms. The lowest BCUT2D eigenvalue weighted by Crippen LogP contribution is -2.50. The van der Waals surface area contributed by atoms with Gasteiger partial charge in [-0.25, -0.2) is 0 Å². The third kappa shape index (κ3) is 6.91. The second kappa shape index (κ2) is 10.4. The van der Waals surface area contributed by atoms with Gasteiger partial charge in [-0.1, -0.05) is 12.1 Å². The van der Waals surface area contributed by atoms with E-state index in [2.05, 4.69) is 10.8 Å². The number of ether oxygens (including phenoxy) is 1. The Labute approximate surface area is 190 Å². The number of carbonyl (C=O) groups excluding carboxylic acids is 2. The van der Waals surface area contributed by atoms with Gasteiger partial charge in [0.2, 0.25) is 0 Å². The van der Waals surface area contributed by atoms with E-state index in [0.29, 0.717) is 5.56 Å². The second-order valence-corrected chi connectivity index (χ2v) is 11.3. The lowest BCUT2D eigenvalue weighted by atomic mass is 9.92. The molecule has 1 N–H and O–H groups in total. The average Bonchev–Trinajstić information content (AvgIpc) is 3.18. The van der Waals surface area contributed by atoms with Gasteiger partial charge in [-0.2, -0.15) is 5.26 Å². The number of esters is 1. The van der Waals surface area contributed by atoms with Crippen molar-refractivity contribution in [1.29, 1.82) is 5.26 Å². The van der Waals surface area contributed by atoms with Crippen molar-refractivity contribution in [2.24, 2.45) is 0 Å². The molecule has 0 fully saturated rings. The first-order valence-corrected chi connectivity index (χ1v) is 12.0. The zero-order valence-electron chi connectivity index (χ0n) is 18.5. The van der Waals surface area contributed by atoms with Crippen molar-refractivity contribution in [3.8, 4) is 17.2 Å². The number of benzene rings is 1. The van der Waals surface area contributed by atoms with Crippen LogP contribution in [0.2, 0.25) is 0 Å². The molecule has 0 amide bonds. The molecule has 0 bridgehead atoms. The largest absolute Gasteiger partial charge is 0.598 e. The molecule has 2 rings (SSSR count). The number of nitrogens with zero attached hydrogens (tertiary/aromatic N) is 1. The number of hydrogen-bond donors (Lipinski definition) is 1. The highest BCUT2D eigenvalue weighted by atomic mass is 32.2. The van der Waals surface area contributed by atoms with E-state index in [1.807, 2.05) is 51.3 Å². The third-order valence-electron chi connectivity index (χ3n) is 4.54. The molecule has 0 aliphatic heterocycles. The number of nitriles is 1. The van der Waals surface area contributed by atoms with E-state index in [4.69, 9.17) is 10.00 Å². The molecule has 31 heavy (non-hydrogen) atoms. The fourth-order valence-electron chi connectivity index (χ4n) is 2.91. The van der Waals surface area contributed by atoms with Gasteiger partial charge < -0.3 is 9.29 Å². The van der Waals surface area contributed by atoms with E-state index in [9.17, 15) is 14.1 Å². The highest BCUT2D eigenvalue weighted by molar-refractivity contribution is 7.90. The van der Waals surface area contributed by atoms with Gasteiger partial charge in [0, 0.05) is 22.7 Å². The topological polar surface area (TPSA) is 102 Å². The zero-order chi connectivity index (χ0) is 23.2. The molecule has 2 aromatic rings. The van der Waals surface area contributed by atoms with Crippen molar-refractivity contribution in [1.82, 2.24) is 4.72 Å². The van der Waals surface area contributed by atoms with E-state index in [0.717, 1.165) is 16.0 Å². The predicted octanol–water partition coefficient (Wildman–Crippen LogP) is 4.47. The highest BCUT2D eigenvalue weighted by Crippen LogP contribution is 2.36. The van der Waals surface area contributed by atoms with Gasteiger partial charge >= 0.3 is 5.97 Å². The molecule has 0 aliphatic rings. The first-order chi connectivity index (χ1) is 14.5. The number of hydrogen-bond acceptors (Lipinski definition) is 7. The van der Waals surface area contributed by atoms with Crippen LogP contribution in [0.3, 0.4) is 0 Å². The predicted molar refractivity (Wildman–Crippen MR) is 124 cm³/mol. The van der Waals surface area contributed by atoms with Gasteiger partial charge in [0.1, 0.15) is 22.5 Å². The summed E-state index contributed by atoms with van der Waals surface area (Å²) in [5.74, 6) is -0.854. The van der Waals surface area contributed by atoms with Crippen LogP contribution in [0.4, 0.5) is 0 Å². The lowest BCUT2D eigenvalue weighted by molar-refractivity contribution is -0.145. The Hall–Kier alpha value is -2.18. The summed E-state index contributed by atoms with van der Waals surface area (Å²) in [7, 11) is 0. The number of thiophene rings is 1. The van der Waals surface area contributed by atoms with E-state index >= 15 is 0 Å². The van der Waals surface area contributed by atoms with Crippen LogP contribution in [-0.4, -0.2) is 27.7 Å². The first kappa shape index (κ1) is 25.1. The molecule has 1 heterocycles. The fraction of sp³-hybridized carbons (Fsp3) is 0.435. The summed E-state index contributed by atoms with van der Waals surface area (Å²) in [6, 6.07) is 11.3. The number of ketones is 1. The average molecular weight is 461 g/mol. The number of carbonyl (C=O) groups is 2. The van der Waals surface area contributed by atoms with Crippen LogP contribution in [0, 0.1) is 11.3 Å². The maximum Gasteiger partial charge on any atom is 0.313 e. The maximum absolute atomic E-state index is 12.9. The van der Waals surface area contributed by atoms with Crippen LogP contribution in [-0.2, 0) is 31.2 Å². The van der Waals surface area contributed by atoms with Gasteiger partial charge in [0.15, 0.2) is 0 Å². The molecule has 6 nitrogen and oxygen atoms in total. The van der Waals surface area contributed by atoms with Crippen LogP contribution < -0.4 is 4.72 Å². The van der Waals surface area contributed by atoms with Crippen LogP contribution in [0.15, 0.2) is 35.7 Å². The van der Waals surface area contributed by atoms with Gasteiger partial charge in [0.25, 0.3) is 0 Å². The molecule has 1 aromatic carbocycles. The Morgan fingerprint density at radius 3 is 2.55 bits per heavy atom. The molecule has 166 valence electrons. The molecule has 8 heteroatoms. The first-order valence-electron chi connectivity index (χ1n) is 9.95. The van der Waals surface area contributed by atoms with Crippen LogP contribution in [0.1, 0.15) is 57.9 Å². The van der Waals surface area contributed by atoms with Crippen LogP contribution in [0.25, 0.3) is 11.1 Å². The standard InChI is InChI=1S/C23H28N2O4S2/c1-6-29-21(27)12-19(26)13-23(5,25-31(28)22(2,3)4)20-11-18(15-30-20)17-9-7-8-16(10-17)14-24/h7-11,15,25H,6,12-13H2,1-5H3/t23-,31?/m0/s1. The Balaban J connectivity index is 2.36. The summed E-state index contributed by atoms with van der Waals surface area (Å²) < 4.78 is 20.4. The summed E-state index contributed by atoms with van der Waals surface area (Å²) in [4.78, 5) is 25.2. The van der Waals surface area contributed by atoms with Crippen molar-refractivity contribution in [2.75, 3.05) is 6.61 Å². The lowest BCUT2D eigenvalue weighted by Gasteiger charge is -2.34.